The van der Waals surface area contributed by atoms with Gasteiger partial charge in [-0.05, 0) is 53.0 Å². The van der Waals surface area contributed by atoms with Crippen LogP contribution in [0, 0.1) is 0 Å². The number of hydrogen-bond donors (Lipinski definition) is 2. The molecule has 3 amide bonds. The first kappa shape index (κ1) is 24.3. The third-order valence-electron chi connectivity index (χ3n) is 4.78. The third-order valence-corrected chi connectivity index (χ3v) is 4.78. The smallest absolute Gasteiger partial charge is 0.408 e. The molecule has 0 spiro atoms. The molecule has 0 saturated carbocycles. The zero-order chi connectivity index (χ0) is 23.2. The quantitative estimate of drug-likeness (QED) is 0.711. The van der Waals surface area contributed by atoms with E-state index in [0.29, 0.717) is 30.2 Å². The van der Waals surface area contributed by atoms with E-state index < -0.39 is 23.6 Å². The summed E-state index contributed by atoms with van der Waals surface area (Å²) in [6, 6.07) is 2.23. The van der Waals surface area contributed by atoms with E-state index >= 15 is 0 Å². The number of likely N-dealkylation sites (tertiary alicyclic amines) is 1. The lowest BCUT2D eigenvalue weighted by atomic mass is 10.1. The summed E-state index contributed by atoms with van der Waals surface area (Å²) in [5, 5.41) is 5.23. The number of rotatable bonds is 6. The number of carbonyl (C=O) groups excluding carboxylic acids is 3. The van der Waals surface area contributed by atoms with Gasteiger partial charge in [-0.15, -0.1) is 0 Å². The molecule has 1 heterocycles. The van der Waals surface area contributed by atoms with Crippen molar-refractivity contribution >= 4 is 23.6 Å². The summed E-state index contributed by atoms with van der Waals surface area (Å²) in [5.74, 6) is 0.0796. The second-order valence-electron chi connectivity index (χ2n) is 8.46. The number of hydrogen-bond acceptors (Lipinski definition) is 6. The summed E-state index contributed by atoms with van der Waals surface area (Å²) in [5.41, 5.74) is -0.0917. The first-order chi connectivity index (χ1) is 14.6. The van der Waals surface area contributed by atoms with Crippen molar-refractivity contribution in [3.05, 3.63) is 17.7 Å². The Kier molecular flexibility index (Phi) is 8.13. The van der Waals surface area contributed by atoms with Crippen LogP contribution in [0.15, 0.2) is 12.1 Å². The maximum atomic E-state index is 13.2. The van der Waals surface area contributed by atoms with Crippen molar-refractivity contribution in [1.82, 2.24) is 10.2 Å². The van der Waals surface area contributed by atoms with Gasteiger partial charge in [0.15, 0.2) is 11.5 Å². The summed E-state index contributed by atoms with van der Waals surface area (Å²) in [4.78, 5) is 39.7. The molecule has 1 aromatic carbocycles. The van der Waals surface area contributed by atoms with Crippen molar-refractivity contribution in [2.75, 3.05) is 32.6 Å². The monoisotopic (exact) mass is 435 g/mol. The van der Waals surface area contributed by atoms with Crippen LogP contribution in [0.3, 0.4) is 0 Å². The van der Waals surface area contributed by atoms with Crippen LogP contribution in [0.2, 0.25) is 0 Å². The second kappa shape index (κ2) is 10.4. The Hall–Kier alpha value is -2.97. The lowest BCUT2D eigenvalue weighted by Crippen LogP contribution is -2.44. The Labute approximate surface area is 183 Å². The Balaban J connectivity index is 2.25. The molecule has 9 heteroatoms. The molecule has 0 bridgehead atoms. The van der Waals surface area contributed by atoms with E-state index in [1.165, 1.54) is 21.1 Å². The number of amides is 3. The maximum absolute atomic E-state index is 13.2. The van der Waals surface area contributed by atoms with E-state index in [1.54, 1.807) is 37.8 Å². The van der Waals surface area contributed by atoms with Gasteiger partial charge in [-0.2, -0.15) is 0 Å². The number of benzene rings is 1. The van der Waals surface area contributed by atoms with Gasteiger partial charge in [-0.1, -0.05) is 0 Å². The van der Waals surface area contributed by atoms with E-state index in [0.717, 1.165) is 19.3 Å². The van der Waals surface area contributed by atoms with E-state index in [1.807, 2.05) is 0 Å². The summed E-state index contributed by atoms with van der Waals surface area (Å²) in [6.45, 7) is 8.07. The van der Waals surface area contributed by atoms with Crippen LogP contribution in [0.1, 0.15) is 57.3 Å². The first-order valence-corrected chi connectivity index (χ1v) is 10.4. The minimum absolute atomic E-state index is 0.191. The molecule has 1 aliphatic heterocycles. The predicted octanol–water partition coefficient (Wildman–Crippen LogP) is 3.18. The molecule has 2 N–H and O–H groups in total. The lowest BCUT2D eigenvalue weighted by Gasteiger charge is -2.28. The molecule has 0 unspecified atom stereocenters. The second-order valence-corrected chi connectivity index (χ2v) is 8.46. The van der Waals surface area contributed by atoms with Crippen molar-refractivity contribution in [2.24, 2.45) is 0 Å². The molecule has 1 fully saturated rings. The molecule has 1 saturated heterocycles. The third kappa shape index (κ3) is 6.77. The molecule has 9 nitrogen and oxygen atoms in total. The van der Waals surface area contributed by atoms with Gasteiger partial charge in [0.25, 0.3) is 5.91 Å². The largest absolute Gasteiger partial charge is 0.493 e. The fourth-order valence-electron chi connectivity index (χ4n) is 3.22. The molecule has 1 atom stereocenters. The van der Waals surface area contributed by atoms with E-state index in [9.17, 15) is 14.4 Å². The summed E-state index contributed by atoms with van der Waals surface area (Å²) < 4.78 is 15.9. The lowest BCUT2D eigenvalue weighted by molar-refractivity contribution is -0.117. The van der Waals surface area contributed by atoms with Gasteiger partial charge in [0, 0.05) is 19.2 Å². The number of anilines is 1. The SMILES string of the molecule is COc1cc(NC(=O)[C@@H](C)NC(=O)OC(C)(C)C)c(C(=O)N2CCCCC2)cc1OC. The molecule has 31 heavy (non-hydrogen) atoms. The van der Waals surface area contributed by atoms with Crippen molar-refractivity contribution in [3.63, 3.8) is 0 Å². The molecule has 2 rings (SSSR count). The maximum Gasteiger partial charge on any atom is 0.408 e. The Bertz CT molecular complexity index is 812. The molecule has 0 radical (unpaired) electrons. The number of ether oxygens (including phenoxy) is 3. The van der Waals surface area contributed by atoms with E-state index in [-0.39, 0.29) is 11.6 Å². The molecular formula is C22H33N3O6. The van der Waals surface area contributed by atoms with E-state index in [2.05, 4.69) is 10.6 Å². The summed E-state index contributed by atoms with van der Waals surface area (Å²) in [6.07, 6.45) is 2.27. The van der Waals surface area contributed by atoms with Gasteiger partial charge < -0.3 is 29.7 Å². The Morgan fingerprint density at radius 3 is 2.13 bits per heavy atom. The number of carbonyl (C=O) groups is 3. The van der Waals surface area contributed by atoms with Crippen LogP contribution < -0.4 is 20.1 Å². The average Bonchev–Trinajstić information content (AvgIpc) is 2.71. The van der Waals surface area contributed by atoms with Crippen molar-refractivity contribution in [1.29, 1.82) is 0 Å². The highest BCUT2D eigenvalue weighted by molar-refractivity contribution is 6.06. The standard InChI is InChI=1S/C22H33N3O6/c1-14(23-21(28)31-22(2,3)4)19(26)24-16-13-18(30-6)17(29-5)12-15(16)20(27)25-10-8-7-9-11-25/h12-14H,7-11H2,1-6H3,(H,23,28)(H,24,26)/t14-/m1/s1. The number of nitrogens with zero attached hydrogens (tertiary/aromatic N) is 1. The minimum atomic E-state index is -0.888. The first-order valence-electron chi connectivity index (χ1n) is 10.4. The molecular weight excluding hydrogens is 402 g/mol. The van der Waals surface area contributed by atoms with Gasteiger partial charge >= 0.3 is 6.09 Å². The van der Waals surface area contributed by atoms with Crippen LogP contribution >= 0.6 is 0 Å². The van der Waals surface area contributed by atoms with Crippen LogP contribution in [-0.4, -0.2) is 61.8 Å². The fourth-order valence-corrected chi connectivity index (χ4v) is 3.22. The Morgan fingerprint density at radius 1 is 1.00 bits per heavy atom. The predicted molar refractivity (Wildman–Crippen MR) is 117 cm³/mol. The highest BCUT2D eigenvalue weighted by Crippen LogP contribution is 2.34. The van der Waals surface area contributed by atoms with Crippen LogP contribution in [0.4, 0.5) is 10.5 Å². The van der Waals surface area contributed by atoms with Gasteiger partial charge in [-0.25, -0.2) is 4.79 Å². The average molecular weight is 436 g/mol. The Morgan fingerprint density at radius 2 is 1.58 bits per heavy atom. The molecule has 1 aromatic rings. The molecule has 0 aliphatic carbocycles. The summed E-state index contributed by atoms with van der Waals surface area (Å²) in [7, 11) is 2.96. The van der Waals surface area contributed by atoms with Crippen LogP contribution in [-0.2, 0) is 9.53 Å². The number of methoxy groups -OCH3 is 2. The minimum Gasteiger partial charge on any atom is -0.493 e. The topological polar surface area (TPSA) is 106 Å². The summed E-state index contributed by atoms with van der Waals surface area (Å²) >= 11 is 0. The van der Waals surface area contributed by atoms with Gasteiger partial charge in [-0.3, -0.25) is 9.59 Å². The van der Waals surface area contributed by atoms with Crippen molar-refractivity contribution in [2.45, 2.75) is 58.6 Å². The van der Waals surface area contributed by atoms with Crippen molar-refractivity contribution < 1.29 is 28.6 Å². The highest BCUT2D eigenvalue weighted by Gasteiger charge is 2.26. The molecule has 1 aliphatic rings. The van der Waals surface area contributed by atoms with Gasteiger partial charge in [0.2, 0.25) is 5.91 Å². The van der Waals surface area contributed by atoms with E-state index in [4.69, 9.17) is 14.2 Å². The number of nitrogens with one attached hydrogen (secondary N) is 2. The zero-order valence-electron chi connectivity index (χ0n) is 19.2. The van der Waals surface area contributed by atoms with Crippen LogP contribution in [0.25, 0.3) is 0 Å². The number of piperidine rings is 1. The van der Waals surface area contributed by atoms with Gasteiger partial charge in [0.1, 0.15) is 11.6 Å². The van der Waals surface area contributed by atoms with Crippen molar-refractivity contribution in [3.8, 4) is 11.5 Å². The fraction of sp³-hybridized carbons (Fsp3) is 0.591. The zero-order valence-corrected chi connectivity index (χ0v) is 19.2. The van der Waals surface area contributed by atoms with Gasteiger partial charge in [0.05, 0.1) is 25.5 Å². The normalized spacial score (nSPS) is 15.0. The number of alkyl carbamates (subject to hydrolysis) is 1. The highest BCUT2D eigenvalue weighted by atomic mass is 16.6. The molecule has 0 aromatic heterocycles. The molecule has 172 valence electrons. The van der Waals surface area contributed by atoms with Crippen LogP contribution in [0.5, 0.6) is 11.5 Å².